The fraction of sp³-hybridized carbons (Fsp3) is 0.333. The molecule has 3 rings (SSSR count). The van der Waals surface area contributed by atoms with Crippen molar-refractivity contribution in [3.63, 3.8) is 0 Å². The van der Waals surface area contributed by atoms with E-state index >= 15 is 0 Å². The first-order valence-electron chi connectivity index (χ1n) is 8.23. The van der Waals surface area contributed by atoms with Crippen molar-refractivity contribution in [3.8, 4) is 17.3 Å². The molecule has 0 bridgehead atoms. The highest BCUT2D eigenvalue weighted by molar-refractivity contribution is 5.96. The van der Waals surface area contributed by atoms with Crippen molar-refractivity contribution in [3.05, 3.63) is 36.5 Å². The van der Waals surface area contributed by atoms with Gasteiger partial charge in [-0.05, 0) is 18.1 Å². The van der Waals surface area contributed by atoms with Crippen LogP contribution in [0.4, 0.5) is 0 Å². The lowest BCUT2D eigenvalue weighted by Crippen LogP contribution is -2.35. The largest absolute Gasteiger partial charge is 0.357 e. The van der Waals surface area contributed by atoms with E-state index in [0.29, 0.717) is 31.1 Å². The number of fused-ring (bicyclic) bond motifs is 1. The minimum Gasteiger partial charge on any atom is -0.357 e. The molecule has 0 aliphatic rings. The maximum absolute atomic E-state index is 12.8. The molecule has 0 aromatic carbocycles. The number of nitriles is 1. The Morgan fingerprint density at radius 2 is 2.24 bits per heavy atom. The van der Waals surface area contributed by atoms with E-state index in [2.05, 4.69) is 39.9 Å². The summed E-state index contributed by atoms with van der Waals surface area (Å²) in [6.45, 7) is 5.15. The van der Waals surface area contributed by atoms with Crippen LogP contribution in [-0.2, 0) is 0 Å². The number of aromatic nitrogens is 4. The summed E-state index contributed by atoms with van der Waals surface area (Å²) < 4.78 is 0. The number of carbonyl (C=O) groups is 1. The number of rotatable bonds is 6. The summed E-state index contributed by atoms with van der Waals surface area (Å²) >= 11 is 0. The molecule has 25 heavy (non-hydrogen) atoms. The van der Waals surface area contributed by atoms with Crippen LogP contribution in [-0.4, -0.2) is 43.8 Å². The highest BCUT2D eigenvalue weighted by Gasteiger charge is 2.19. The quantitative estimate of drug-likeness (QED) is 0.717. The van der Waals surface area contributed by atoms with E-state index in [-0.39, 0.29) is 8.76 Å². The number of H-pyrrole nitrogens is 2. The first kappa shape index (κ1) is 16.7. The summed E-state index contributed by atoms with van der Waals surface area (Å²) in [5, 5.41) is 9.73. The van der Waals surface area contributed by atoms with Gasteiger partial charge >= 0.3 is 0 Å². The summed E-state index contributed by atoms with van der Waals surface area (Å²) in [5.41, 5.74) is 2.86. The Bertz CT molecular complexity index is 927. The van der Waals surface area contributed by atoms with Gasteiger partial charge in [-0.3, -0.25) is 4.79 Å². The molecule has 0 aliphatic heterocycles. The number of hydrogen-bond donors (Lipinski definition) is 2. The number of nitrogens with zero attached hydrogens (tertiary/aromatic N) is 4. The van der Waals surface area contributed by atoms with Crippen molar-refractivity contribution < 1.29 is 7.65 Å². The fourth-order valence-electron chi connectivity index (χ4n) is 2.83. The molecule has 7 nitrogen and oxygen atoms in total. The van der Waals surface area contributed by atoms with Gasteiger partial charge in [-0.15, -0.1) is 0 Å². The van der Waals surface area contributed by atoms with E-state index in [1.54, 1.807) is 17.2 Å². The summed E-state index contributed by atoms with van der Waals surface area (Å²) in [7, 11) is 0. The van der Waals surface area contributed by atoms with Crippen LogP contribution < -0.4 is 0 Å². The van der Waals surface area contributed by atoms with Gasteiger partial charge in [0.25, 0.3) is 5.91 Å². The van der Waals surface area contributed by atoms with E-state index in [4.69, 9.17) is 5.26 Å². The molecule has 2 N–H and O–H groups in total. The Kier molecular flexibility index (Phi) is 4.80. The molecule has 132 valence electrons. The maximum Gasteiger partial charge on any atom is 0.270 e. The van der Waals surface area contributed by atoms with Gasteiger partial charge in [-0.1, -0.05) is 13.8 Å². The standard InChI is InChI=1S/C18H20N6O.2H2/c1-12(2)10-24(7-3-5-19)18(25)15-8-13(9-21-15)16-14-4-6-20-17(14)23-11-22-16;;/h4,6,8-9,11-12,21H,3,7,10H2,1-2H3,(H,20,22,23);2*1H. The molecule has 7 heteroatoms. The van der Waals surface area contributed by atoms with Crippen molar-refractivity contribution in [1.82, 2.24) is 24.8 Å². The molecule has 1 amide bonds. The van der Waals surface area contributed by atoms with Gasteiger partial charge in [-0.25, -0.2) is 9.97 Å². The van der Waals surface area contributed by atoms with Crippen molar-refractivity contribution in [2.24, 2.45) is 5.92 Å². The molecule has 0 saturated heterocycles. The second-order valence-corrected chi connectivity index (χ2v) is 6.32. The molecular formula is C18H24N6O. The van der Waals surface area contributed by atoms with E-state index in [1.807, 2.05) is 12.3 Å². The predicted octanol–water partition coefficient (Wildman–Crippen LogP) is 3.46. The van der Waals surface area contributed by atoms with Crippen LogP contribution in [0.25, 0.3) is 22.3 Å². The van der Waals surface area contributed by atoms with Gasteiger partial charge < -0.3 is 14.9 Å². The third kappa shape index (κ3) is 3.53. The smallest absolute Gasteiger partial charge is 0.270 e. The van der Waals surface area contributed by atoms with Gasteiger partial charge in [-0.2, -0.15) is 5.26 Å². The average Bonchev–Trinajstić information content (AvgIpc) is 3.26. The molecule has 0 saturated carbocycles. The molecule has 0 spiro atoms. The number of hydrogen-bond acceptors (Lipinski definition) is 4. The van der Waals surface area contributed by atoms with E-state index in [0.717, 1.165) is 22.3 Å². The summed E-state index contributed by atoms with van der Waals surface area (Å²) in [6.07, 6.45) is 5.41. The molecule has 0 atom stereocenters. The molecular weight excluding hydrogens is 316 g/mol. The minimum atomic E-state index is -0.102. The Balaban J connectivity index is 0.00000182. The van der Waals surface area contributed by atoms with Crippen LogP contribution in [0.3, 0.4) is 0 Å². The molecule has 3 heterocycles. The second-order valence-electron chi connectivity index (χ2n) is 6.32. The normalized spacial score (nSPS) is 11.0. The van der Waals surface area contributed by atoms with Crippen LogP contribution in [0.15, 0.2) is 30.9 Å². The minimum absolute atomic E-state index is 0. The zero-order valence-corrected chi connectivity index (χ0v) is 14.3. The van der Waals surface area contributed by atoms with Gasteiger partial charge in [0.2, 0.25) is 0 Å². The lowest BCUT2D eigenvalue weighted by Gasteiger charge is -2.23. The van der Waals surface area contributed by atoms with Gasteiger partial charge in [0.1, 0.15) is 17.7 Å². The molecule has 0 aliphatic carbocycles. The summed E-state index contributed by atoms with van der Waals surface area (Å²) in [6, 6.07) is 5.82. The van der Waals surface area contributed by atoms with Crippen molar-refractivity contribution >= 4 is 16.9 Å². The Morgan fingerprint density at radius 3 is 3.00 bits per heavy atom. The third-order valence-electron chi connectivity index (χ3n) is 3.91. The average molecular weight is 340 g/mol. The molecule has 0 radical (unpaired) electrons. The van der Waals surface area contributed by atoms with Crippen molar-refractivity contribution in [2.75, 3.05) is 13.1 Å². The Hall–Kier alpha value is -3.14. The van der Waals surface area contributed by atoms with Crippen LogP contribution in [0.5, 0.6) is 0 Å². The monoisotopic (exact) mass is 340 g/mol. The highest BCUT2D eigenvalue weighted by atomic mass is 16.2. The molecule has 0 fully saturated rings. The molecule has 3 aromatic rings. The maximum atomic E-state index is 12.8. The lowest BCUT2D eigenvalue weighted by atomic mass is 10.1. The van der Waals surface area contributed by atoms with Crippen molar-refractivity contribution in [1.29, 1.82) is 5.26 Å². The number of nitrogens with one attached hydrogen (secondary N) is 2. The van der Waals surface area contributed by atoms with Crippen molar-refractivity contribution in [2.45, 2.75) is 20.3 Å². The molecule has 0 unspecified atom stereocenters. The van der Waals surface area contributed by atoms with Crippen LogP contribution in [0, 0.1) is 17.2 Å². The number of amides is 1. The summed E-state index contributed by atoms with van der Waals surface area (Å²) in [5.74, 6) is 0.230. The zero-order chi connectivity index (χ0) is 17.8. The Morgan fingerprint density at radius 1 is 1.40 bits per heavy atom. The zero-order valence-electron chi connectivity index (χ0n) is 14.3. The number of carbonyl (C=O) groups excluding carboxylic acids is 1. The third-order valence-corrected chi connectivity index (χ3v) is 3.91. The predicted molar refractivity (Wildman–Crippen MR) is 98.9 cm³/mol. The fourth-order valence-corrected chi connectivity index (χ4v) is 2.83. The van der Waals surface area contributed by atoms with E-state index < -0.39 is 0 Å². The van der Waals surface area contributed by atoms with Gasteiger partial charge in [0, 0.05) is 39.3 Å². The topological polar surface area (TPSA) is 101 Å². The summed E-state index contributed by atoms with van der Waals surface area (Å²) in [4.78, 5) is 29.1. The van der Waals surface area contributed by atoms with Crippen LogP contribution in [0.1, 0.15) is 33.6 Å². The second kappa shape index (κ2) is 7.18. The molecule has 3 aromatic heterocycles. The highest BCUT2D eigenvalue weighted by Crippen LogP contribution is 2.25. The SMILES string of the molecule is CC(C)CN(CCC#N)C(=O)c1cc(-c2ncnc3[nH]ccc23)c[nH]1.[HH].[HH]. The van der Waals surface area contributed by atoms with Gasteiger partial charge in [0.05, 0.1) is 18.2 Å². The van der Waals surface area contributed by atoms with Gasteiger partial charge in [0.15, 0.2) is 0 Å². The first-order valence-corrected chi connectivity index (χ1v) is 8.23. The van der Waals surface area contributed by atoms with Crippen LogP contribution >= 0.6 is 0 Å². The Labute approximate surface area is 148 Å². The lowest BCUT2D eigenvalue weighted by molar-refractivity contribution is 0.0734. The van der Waals surface area contributed by atoms with E-state index in [9.17, 15) is 4.79 Å². The van der Waals surface area contributed by atoms with E-state index in [1.165, 1.54) is 6.33 Å². The number of aromatic amines is 2. The first-order chi connectivity index (χ1) is 12.1. The van der Waals surface area contributed by atoms with Crippen LogP contribution in [0.2, 0.25) is 0 Å².